The zero-order chi connectivity index (χ0) is 20.8. The molecule has 0 amide bonds. The molecule has 0 spiro atoms. The van der Waals surface area contributed by atoms with Crippen LogP contribution in [-0.2, 0) is 6.61 Å². The van der Waals surface area contributed by atoms with Crippen LogP contribution in [0.4, 0.5) is 13.2 Å². The Balaban J connectivity index is 1.71. The molecule has 0 fully saturated rings. The maximum Gasteiger partial charge on any atom is 0.201 e. The Kier molecular flexibility index (Phi) is 6.60. The van der Waals surface area contributed by atoms with Crippen LogP contribution in [0, 0.1) is 17.5 Å². The predicted molar refractivity (Wildman–Crippen MR) is 108 cm³/mol. The van der Waals surface area contributed by atoms with Crippen molar-refractivity contribution in [3.8, 4) is 22.6 Å². The molecule has 2 nitrogen and oxygen atoms in total. The van der Waals surface area contributed by atoms with Gasteiger partial charge in [0.25, 0.3) is 0 Å². The number of hydrogen-bond acceptors (Lipinski definition) is 2. The van der Waals surface area contributed by atoms with Crippen molar-refractivity contribution in [2.24, 2.45) is 0 Å². The van der Waals surface area contributed by atoms with E-state index in [2.05, 4.69) is 0 Å². The van der Waals surface area contributed by atoms with E-state index in [0.717, 1.165) is 0 Å². The molecule has 3 aromatic rings. The molecule has 0 heterocycles. The molecular formula is C24H21F3O2. The molecule has 0 aromatic heterocycles. The first-order valence-electron chi connectivity index (χ1n) is 9.28. The van der Waals surface area contributed by atoms with E-state index in [1.807, 2.05) is 6.92 Å². The molecule has 0 unspecified atom stereocenters. The highest BCUT2D eigenvalue weighted by atomic mass is 19.2. The summed E-state index contributed by atoms with van der Waals surface area (Å²) in [6, 6.07) is 14.4. The van der Waals surface area contributed by atoms with Gasteiger partial charge in [0.15, 0.2) is 11.6 Å². The van der Waals surface area contributed by atoms with Gasteiger partial charge in [0.1, 0.15) is 18.2 Å². The number of ether oxygens (including phenoxy) is 2. The molecule has 0 radical (unpaired) electrons. The van der Waals surface area contributed by atoms with E-state index < -0.39 is 11.6 Å². The number of halogens is 3. The lowest BCUT2D eigenvalue weighted by atomic mass is 10.0. The average Bonchev–Trinajstić information content (AvgIpc) is 2.73. The van der Waals surface area contributed by atoms with Crippen molar-refractivity contribution < 1.29 is 22.6 Å². The SMILES string of the molecule is CC=Cc1ccc(COc2ccc(-c3ccc(OCC)c(F)c3F)cc2)cc1F. The summed E-state index contributed by atoms with van der Waals surface area (Å²) in [6.07, 6.45) is 3.47. The molecule has 5 heteroatoms. The van der Waals surface area contributed by atoms with E-state index in [1.54, 1.807) is 55.5 Å². The van der Waals surface area contributed by atoms with Gasteiger partial charge in [-0.3, -0.25) is 0 Å². The van der Waals surface area contributed by atoms with Crippen LogP contribution < -0.4 is 9.47 Å². The van der Waals surface area contributed by atoms with Gasteiger partial charge >= 0.3 is 0 Å². The van der Waals surface area contributed by atoms with Crippen molar-refractivity contribution in [1.29, 1.82) is 0 Å². The maximum absolute atomic E-state index is 14.3. The quantitative estimate of drug-likeness (QED) is 0.437. The van der Waals surface area contributed by atoms with Crippen molar-refractivity contribution in [2.75, 3.05) is 6.61 Å². The normalized spacial score (nSPS) is 11.1. The van der Waals surface area contributed by atoms with Gasteiger partial charge in [0, 0.05) is 11.1 Å². The second-order valence-electron chi connectivity index (χ2n) is 6.34. The van der Waals surface area contributed by atoms with Gasteiger partial charge in [-0.25, -0.2) is 8.78 Å². The highest BCUT2D eigenvalue weighted by Crippen LogP contribution is 2.31. The molecule has 0 aliphatic heterocycles. The van der Waals surface area contributed by atoms with E-state index in [-0.39, 0.29) is 30.3 Å². The van der Waals surface area contributed by atoms with Gasteiger partial charge in [-0.1, -0.05) is 36.4 Å². The second kappa shape index (κ2) is 9.32. The van der Waals surface area contributed by atoms with Gasteiger partial charge in [-0.2, -0.15) is 4.39 Å². The van der Waals surface area contributed by atoms with Crippen LogP contribution >= 0.6 is 0 Å². The van der Waals surface area contributed by atoms with Crippen LogP contribution in [0.1, 0.15) is 25.0 Å². The minimum absolute atomic E-state index is 0.110. The molecule has 0 bridgehead atoms. The fourth-order valence-electron chi connectivity index (χ4n) is 2.89. The molecule has 0 saturated heterocycles. The summed E-state index contributed by atoms with van der Waals surface area (Å²) < 4.78 is 53.1. The van der Waals surface area contributed by atoms with E-state index in [4.69, 9.17) is 9.47 Å². The third-order valence-electron chi connectivity index (χ3n) is 4.33. The summed E-state index contributed by atoms with van der Waals surface area (Å²) >= 11 is 0. The van der Waals surface area contributed by atoms with Gasteiger partial charge < -0.3 is 9.47 Å². The molecule has 29 heavy (non-hydrogen) atoms. The van der Waals surface area contributed by atoms with Gasteiger partial charge in [-0.05, 0) is 55.3 Å². The minimum Gasteiger partial charge on any atom is -0.491 e. The summed E-state index contributed by atoms with van der Waals surface area (Å²) in [5, 5.41) is 0. The fourth-order valence-corrected chi connectivity index (χ4v) is 2.89. The average molecular weight is 398 g/mol. The van der Waals surface area contributed by atoms with Crippen molar-refractivity contribution in [3.63, 3.8) is 0 Å². The standard InChI is InChI=1S/C24H21F3O2/c1-3-5-18-7-6-16(14-21(18)25)15-29-19-10-8-17(9-11-19)20-12-13-22(28-4-2)24(27)23(20)26/h3,5-14H,4,15H2,1-2H3. The van der Waals surface area contributed by atoms with E-state index in [9.17, 15) is 13.2 Å². The third kappa shape index (κ3) is 4.80. The molecule has 3 rings (SSSR count). The molecule has 0 atom stereocenters. The van der Waals surface area contributed by atoms with E-state index >= 15 is 0 Å². The third-order valence-corrected chi connectivity index (χ3v) is 4.33. The van der Waals surface area contributed by atoms with Crippen LogP contribution in [-0.4, -0.2) is 6.61 Å². The smallest absolute Gasteiger partial charge is 0.201 e. The second-order valence-corrected chi connectivity index (χ2v) is 6.34. The fraction of sp³-hybridized carbons (Fsp3) is 0.167. The summed E-state index contributed by atoms with van der Waals surface area (Å²) in [7, 11) is 0. The lowest BCUT2D eigenvalue weighted by Gasteiger charge is -2.11. The first-order valence-corrected chi connectivity index (χ1v) is 9.28. The Morgan fingerprint density at radius 1 is 0.862 bits per heavy atom. The summed E-state index contributed by atoms with van der Waals surface area (Å²) in [4.78, 5) is 0. The lowest BCUT2D eigenvalue weighted by molar-refractivity contribution is 0.305. The molecular weight excluding hydrogens is 377 g/mol. The minimum atomic E-state index is -1.01. The van der Waals surface area contributed by atoms with Crippen molar-refractivity contribution in [3.05, 3.63) is 89.3 Å². The Morgan fingerprint density at radius 3 is 2.28 bits per heavy atom. The number of allylic oxidation sites excluding steroid dienone is 1. The Labute approximate surface area is 168 Å². The largest absolute Gasteiger partial charge is 0.491 e. The molecule has 3 aromatic carbocycles. The molecule has 0 aliphatic carbocycles. The van der Waals surface area contributed by atoms with Gasteiger partial charge in [0.05, 0.1) is 6.61 Å². The predicted octanol–water partition coefficient (Wildman–Crippen LogP) is 6.78. The lowest BCUT2D eigenvalue weighted by Crippen LogP contribution is -1.99. The highest BCUT2D eigenvalue weighted by molar-refractivity contribution is 5.66. The Morgan fingerprint density at radius 2 is 1.62 bits per heavy atom. The summed E-state index contributed by atoms with van der Waals surface area (Å²) in [5.74, 6) is -1.85. The molecule has 0 saturated carbocycles. The van der Waals surface area contributed by atoms with Crippen LogP contribution in [0.3, 0.4) is 0 Å². The van der Waals surface area contributed by atoms with Crippen LogP contribution in [0.5, 0.6) is 11.5 Å². The van der Waals surface area contributed by atoms with Crippen molar-refractivity contribution in [1.82, 2.24) is 0 Å². The van der Waals surface area contributed by atoms with Crippen LogP contribution in [0.15, 0.2) is 60.7 Å². The topological polar surface area (TPSA) is 18.5 Å². The van der Waals surface area contributed by atoms with Gasteiger partial charge in [-0.15, -0.1) is 0 Å². The number of rotatable bonds is 7. The molecule has 0 N–H and O–H groups in total. The van der Waals surface area contributed by atoms with Crippen LogP contribution in [0.2, 0.25) is 0 Å². The van der Waals surface area contributed by atoms with Crippen LogP contribution in [0.25, 0.3) is 17.2 Å². The Hall–Kier alpha value is -3.21. The van der Waals surface area contributed by atoms with Crippen molar-refractivity contribution >= 4 is 6.08 Å². The van der Waals surface area contributed by atoms with E-state index in [0.29, 0.717) is 22.4 Å². The first-order chi connectivity index (χ1) is 14.0. The number of hydrogen-bond donors (Lipinski definition) is 0. The summed E-state index contributed by atoms with van der Waals surface area (Å²) in [5.41, 5.74) is 1.86. The van der Waals surface area contributed by atoms with Crippen molar-refractivity contribution in [2.45, 2.75) is 20.5 Å². The molecule has 0 aliphatic rings. The number of benzene rings is 3. The zero-order valence-electron chi connectivity index (χ0n) is 16.2. The summed E-state index contributed by atoms with van der Waals surface area (Å²) in [6.45, 7) is 3.98. The molecule has 150 valence electrons. The highest BCUT2D eigenvalue weighted by Gasteiger charge is 2.15. The first kappa shape index (κ1) is 20.5. The monoisotopic (exact) mass is 398 g/mol. The van der Waals surface area contributed by atoms with Gasteiger partial charge in [0.2, 0.25) is 5.82 Å². The zero-order valence-corrected chi connectivity index (χ0v) is 16.2. The Bertz CT molecular complexity index is 1010. The maximum atomic E-state index is 14.3. The van der Waals surface area contributed by atoms with E-state index in [1.165, 1.54) is 18.2 Å².